The zero-order valence-corrected chi connectivity index (χ0v) is 22.3. The Morgan fingerprint density at radius 1 is 0.564 bits per heavy atom. The highest BCUT2D eigenvalue weighted by atomic mass is 16.3. The summed E-state index contributed by atoms with van der Waals surface area (Å²) < 4.78 is 0. The van der Waals surface area contributed by atoms with E-state index in [2.05, 4.69) is 94.7 Å². The van der Waals surface area contributed by atoms with Crippen LogP contribution in [0.1, 0.15) is 47.2 Å². The molecule has 0 atom stereocenters. The summed E-state index contributed by atoms with van der Waals surface area (Å²) >= 11 is 0. The number of hydrogen-bond donors (Lipinski definition) is 1. The summed E-state index contributed by atoms with van der Waals surface area (Å²) in [7, 11) is 0. The molecule has 4 aromatic rings. The molecule has 39 heavy (non-hydrogen) atoms. The first-order valence-corrected chi connectivity index (χ1v) is 14.0. The predicted octanol–water partition coefficient (Wildman–Crippen LogP) is 5.89. The highest BCUT2D eigenvalue weighted by molar-refractivity contribution is 5.88. The van der Waals surface area contributed by atoms with Gasteiger partial charge in [-0.3, -0.25) is 14.6 Å². The minimum absolute atomic E-state index is 0.199. The second-order valence-corrected chi connectivity index (χ2v) is 11.2. The van der Waals surface area contributed by atoms with Crippen LogP contribution in [0.25, 0.3) is 0 Å². The quantitative estimate of drug-likeness (QED) is 0.333. The molecule has 0 amide bonds. The Hall–Kier alpha value is -3.57. The Morgan fingerprint density at radius 3 is 1.21 bits per heavy atom. The van der Waals surface area contributed by atoms with Crippen molar-refractivity contribution < 1.29 is 9.90 Å². The van der Waals surface area contributed by atoms with Gasteiger partial charge in [0.25, 0.3) is 0 Å². The Labute approximate surface area is 231 Å². The van der Waals surface area contributed by atoms with Crippen LogP contribution in [-0.2, 0) is 4.79 Å². The van der Waals surface area contributed by atoms with E-state index in [9.17, 15) is 9.90 Å². The number of carbonyl (C=O) groups is 1. The number of nitrogens with zero attached hydrogens (tertiary/aromatic N) is 2. The van der Waals surface area contributed by atoms with Crippen LogP contribution in [0.15, 0.2) is 121 Å². The molecule has 0 aromatic heterocycles. The summed E-state index contributed by atoms with van der Waals surface area (Å²) in [4.78, 5) is 15.9. The summed E-state index contributed by atoms with van der Waals surface area (Å²) in [5.74, 6) is 0.868. The molecule has 1 saturated carbocycles. The number of likely N-dealkylation sites (tertiary alicyclic amines) is 2. The zero-order chi connectivity index (χ0) is 26.7. The number of benzene rings is 4. The van der Waals surface area contributed by atoms with Crippen molar-refractivity contribution in [1.29, 1.82) is 0 Å². The van der Waals surface area contributed by atoms with Gasteiger partial charge in [0.05, 0.1) is 30.8 Å². The van der Waals surface area contributed by atoms with E-state index in [0.717, 1.165) is 13.1 Å². The monoisotopic (exact) mass is 516 g/mol. The second kappa shape index (κ2) is 11.3. The van der Waals surface area contributed by atoms with Crippen molar-refractivity contribution in [2.24, 2.45) is 5.92 Å². The Balaban J connectivity index is 0.000000144. The van der Waals surface area contributed by atoms with Gasteiger partial charge in [0.2, 0.25) is 0 Å². The van der Waals surface area contributed by atoms with Crippen molar-refractivity contribution in [3.63, 3.8) is 0 Å². The van der Waals surface area contributed by atoms with E-state index in [0.29, 0.717) is 24.8 Å². The molecular formula is C35H36N2O2. The summed E-state index contributed by atoms with van der Waals surface area (Å²) in [5, 5.41) is 10.6. The average Bonchev–Trinajstić information content (AvgIpc) is 3.81. The molecule has 0 radical (unpaired) electrons. The largest absolute Gasteiger partial charge is 0.387 e. The SMILES string of the molecule is O=C1CN(C(c2ccccc2)c2ccccc2)C1.OC1(C2CC2)CN(C(c2ccccc2)c2ccccc2)C1. The van der Waals surface area contributed by atoms with Crippen molar-refractivity contribution in [1.82, 2.24) is 9.80 Å². The van der Waals surface area contributed by atoms with Crippen LogP contribution in [-0.4, -0.2) is 52.5 Å². The molecule has 4 heteroatoms. The molecule has 1 N–H and O–H groups in total. The smallest absolute Gasteiger partial charge is 0.160 e. The first kappa shape index (κ1) is 25.7. The van der Waals surface area contributed by atoms with E-state index in [1.165, 1.54) is 35.1 Å². The third-order valence-corrected chi connectivity index (χ3v) is 8.24. The van der Waals surface area contributed by atoms with Gasteiger partial charge in [0, 0.05) is 13.1 Å². The summed E-state index contributed by atoms with van der Waals surface area (Å²) in [6.07, 6.45) is 2.40. The summed E-state index contributed by atoms with van der Waals surface area (Å²) in [5.41, 5.74) is 4.68. The molecule has 0 spiro atoms. The molecule has 4 nitrogen and oxygen atoms in total. The third kappa shape index (κ3) is 5.74. The number of rotatable bonds is 7. The normalized spacial score (nSPS) is 18.7. The molecule has 1 aliphatic carbocycles. The molecule has 4 aromatic carbocycles. The van der Waals surface area contributed by atoms with Crippen molar-refractivity contribution >= 4 is 5.78 Å². The maximum Gasteiger partial charge on any atom is 0.160 e. The molecule has 2 heterocycles. The van der Waals surface area contributed by atoms with Crippen LogP contribution in [0.2, 0.25) is 0 Å². The first-order valence-electron chi connectivity index (χ1n) is 14.0. The van der Waals surface area contributed by atoms with Crippen LogP contribution >= 0.6 is 0 Å². The van der Waals surface area contributed by atoms with Gasteiger partial charge in [-0.05, 0) is 41.0 Å². The first-order chi connectivity index (χ1) is 19.1. The maximum absolute atomic E-state index is 11.2. The van der Waals surface area contributed by atoms with Gasteiger partial charge >= 0.3 is 0 Å². The number of Topliss-reactive ketones (excluding diaryl/α,β-unsaturated/α-hetero) is 1. The van der Waals surface area contributed by atoms with E-state index < -0.39 is 5.60 Å². The van der Waals surface area contributed by atoms with E-state index >= 15 is 0 Å². The van der Waals surface area contributed by atoms with Crippen molar-refractivity contribution in [3.05, 3.63) is 144 Å². The summed E-state index contributed by atoms with van der Waals surface area (Å²) in [6, 6.07) is 42.4. The minimum atomic E-state index is -0.429. The zero-order valence-electron chi connectivity index (χ0n) is 22.3. The maximum atomic E-state index is 11.2. The van der Waals surface area contributed by atoms with E-state index in [1.807, 2.05) is 36.4 Å². The van der Waals surface area contributed by atoms with Gasteiger partial charge < -0.3 is 5.11 Å². The van der Waals surface area contributed by atoms with E-state index in [1.54, 1.807) is 0 Å². The lowest BCUT2D eigenvalue weighted by atomic mass is 9.84. The highest BCUT2D eigenvalue weighted by Crippen LogP contribution is 2.47. The van der Waals surface area contributed by atoms with Crippen LogP contribution in [0.5, 0.6) is 0 Å². The van der Waals surface area contributed by atoms with Crippen molar-refractivity contribution in [3.8, 4) is 0 Å². The Bertz CT molecular complexity index is 1260. The Morgan fingerprint density at radius 2 is 0.897 bits per heavy atom. The van der Waals surface area contributed by atoms with Crippen LogP contribution in [0, 0.1) is 5.92 Å². The van der Waals surface area contributed by atoms with Crippen LogP contribution in [0.3, 0.4) is 0 Å². The topological polar surface area (TPSA) is 43.8 Å². The van der Waals surface area contributed by atoms with Gasteiger partial charge in [-0.25, -0.2) is 0 Å². The lowest BCUT2D eigenvalue weighted by Gasteiger charge is -2.51. The van der Waals surface area contributed by atoms with Gasteiger partial charge in [-0.2, -0.15) is 0 Å². The fraction of sp³-hybridized carbons (Fsp3) is 0.286. The van der Waals surface area contributed by atoms with E-state index in [-0.39, 0.29) is 12.1 Å². The molecule has 7 rings (SSSR count). The number of hydrogen-bond acceptors (Lipinski definition) is 4. The predicted molar refractivity (Wildman–Crippen MR) is 155 cm³/mol. The summed E-state index contributed by atoms with van der Waals surface area (Å²) in [6.45, 7) is 2.72. The fourth-order valence-corrected chi connectivity index (χ4v) is 6.08. The van der Waals surface area contributed by atoms with Crippen LogP contribution in [0.4, 0.5) is 0 Å². The minimum Gasteiger partial charge on any atom is -0.387 e. The van der Waals surface area contributed by atoms with Crippen LogP contribution < -0.4 is 0 Å². The second-order valence-electron chi connectivity index (χ2n) is 11.2. The van der Waals surface area contributed by atoms with E-state index in [4.69, 9.17) is 0 Å². The van der Waals surface area contributed by atoms with Gasteiger partial charge in [0.1, 0.15) is 0 Å². The lowest BCUT2D eigenvalue weighted by Crippen LogP contribution is -2.63. The van der Waals surface area contributed by atoms with Crippen molar-refractivity contribution in [2.45, 2.75) is 30.5 Å². The number of ketones is 1. The van der Waals surface area contributed by atoms with Gasteiger partial charge in [-0.1, -0.05) is 121 Å². The molecule has 0 unspecified atom stereocenters. The molecule has 198 valence electrons. The molecule has 2 saturated heterocycles. The standard InChI is InChI=1S/C19H21NO.C16H15NO/c21-19(17-11-12-17)13-20(14-19)18(15-7-3-1-4-8-15)16-9-5-2-6-10-16;18-15-11-17(12-15)16(13-7-3-1-4-8-13)14-9-5-2-6-10-14/h1-10,17-18,21H,11-14H2;1-10,16H,11-12H2. The fourth-order valence-electron chi connectivity index (χ4n) is 6.08. The third-order valence-electron chi connectivity index (χ3n) is 8.24. The van der Waals surface area contributed by atoms with Gasteiger partial charge in [-0.15, -0.1) is 0 Å². The lowest BCUT2D eigenvalue weighted by molar-refractivity contribution is -0.130. The Kier molecular flexibility index (Phi) is 7.43. The highest BCUT2D eigenvalue weighted by Gasteiger charge is 2.53. The molecular weight excluding hydrogens is 480 g/mol. The number of aliphatic hydroxyl groups is 1. The number of carbonyl (C=O) groups excluding carboxylic acids is 1. The average molecular weight is 517 g/mol. The van der Waals surface area contributed by atoms with Crippen molar-refractivity contribution in [2.75, 3.05) is 26.2 Å². The molecule has 3 fully saturated rings. The molecule has 3 aliphatic rings. The molecule has 2 aliphatic heterocycles. The number of β-amino-alcohol motifs (C(OH)–C–C–N with tert-alkyl or cyclic N) is 1. The molecule has 0 bridgehead atoms. The van der Waals surface area contributed by atoms with Gasteiger partial charge in [0.15, 0.2) is 5.78 Å².